The summed E-state index contributed by atoms with van der Waals surface area (Å²) < 4.78 is 18.4. The highest BCUT2D eigenvalue weighted by atomic mass is 19.1. The molecule has 1 aliphatic rings. The Morgan fingerprint density at radius 1 is 1.52 bits per heavy atom. The molecule has 7 heteroatoms. The average Bonchev–Trinajstić information content (AvgIpc) is 3.01. The SMILES string of the molecule is CC1CCCN(C(N)=NCc2nc(-c3cccc(F)c3)no2)C1. The molecule has 0 aliphatic carbocycles. The smallest absolute Gasteiger partial charge is 0.248 e. The third-order valence-electron chi connectivity index (χ3n) is 3.91. The van der Waals surface area contributed by atoms with Crippen LogP contribution in [0.25, 0.3) is 11.4 Å². The van der Waals surface area contributed by atoms with E-state index >= 15 is 0 Å². The van der Waals surface area contributed by atoms with Crippen LogP contribution in [-0.2, 0) is 6.54 Å². The van der Waals surface area contributed by atoms with Gasteiger partial charge in [-0.2, -0.15) is 4.98 Å². The molecule has 0 bridgehead atoms. The van der Waals surface area contributed by atoms with Gasteiger partial charge >= 0.3 is 0 Å². The molecule has 2 aromatic rings. The molecule has 1 atom stereocenters. The first-order chi connectivity index (χ1) is 11.1. The molecule has 0 saturated carbocycles. The second-order valence-corrected chi connectivity index (χ2v) is 5.89. The molecule has 1 aliphatic heterocycles. The first-order valence-corrected chi connectivity index (χ1v) is 7.75. The van der Waals surface area contributed by atoms with Gasteiger partial charge in [0.15, 0.2) is 5.96 Å². The van der Waals surface area contributed by atoms with E-state index in [0.29, 0.717) is 29.2 Å². The van der Waals surface area contributed by atoms with Gasteiger partial charge in [0.25, 0.3) is 0 Å². The van der Waals surface area contributed by atoms with Crippen LogP contribution in [0.5, 0.6) is 0 Å². The summed E-state index contributed by atoms with van der Waals surface area (Å²) in [5.74, 6) is 1.50. The summed E-state index contributed by atoms with van der Waals surface area (Å²) in [5, 5.41) is 3.85. The Kier molecular flexibility index (Phi) is 4.55. The summed E-state index contributed by atoms with van der Waals surface area (Å²) >= 11 is 0. The molecular weight excluding hydrogens is 297 g/mol. The topological polar surface area (TPSA) is 80.5 Å². The molecule has 1 aromatic carbocycles. The zero-order valence-corrected chi connectivity index (χ0v) is 13.1. The fraction of sp³-hybridized carbons (Fsp3) is 0.438. The minimum absolute atomic E-state index is 0.221. The first-order valence-electron chi connectivity index (χ1n) is 7.75. The van der Waals surface area contributed by atoms with Crippen LogP contribution in [0.2, 0.25) is 0 Å². The quantitative estimate of drug-likeness (QED) is 0.694. The van der Waals surface area contributed by atoms with Crippen molar-refractivity contribution in [3.05, 3.63) is 36.0 Å². The molecule has 2 heterocycles. The predicted molar refractivity (Wildman–Crippen MR) is 85.0 cm³/mol. The highest BCUT2D eigenvalue weighted by Crippen LogP contribution is 2.17. The van der Waals surface area contributed by atoms with Crippen LogP contribution in [0, 0.1) is 11.7 Å². The van der Waals surface area contributed by atoms with E-state index in [-0.39, 0.29) is 12.4 Å². The van der Waals surface area contributed by atoms with Crippen molar-refractivity contribution in [2.45, 2.75) is 26.3 Å². The Morgan fingerprint density at radius 3 is 3.17 bits per heavy atom. The highest BCUT2D eigenvalue weighted by molar-refractivity contribution is 5.78. The molecule has 0 radical (unpaired) electrons. The monoisotopic (exact) mass is 317 g/mol. The summed E-state index contributed by atoms with van der Waals surface area (Å²) in [6.45, 7) is 4.29. The Morgan fingerprint density at radius 2 is 2.39 bits per heavy atom. The van der Waals surface area contributed by atoms with Crippen LogP contribution in [-0.4, -0.2) is 34.1 Å². The Bertz CT molecular complexity index is 699. The van der Waals surface area contributed by atoms with Gasteiger partial charge in [-0.1, -0.05) is 24.2 Å². The second-order valence-electron chi connectivity index (χ2n) is 5.89. The number of halogens is 1. The lowest BCUT2D eigenvalue weighted by atomic mass is 10.0. The van der Waals surface area contributed by atoms with Crippen LogP contribution in [0.3, 0.4) is 0 Å². The largest absolute Gasteiger partial charge is 0.370 e. The van der Waals surface area contributed by atoms with Gasteiger partial charge in [-0.15, -0.1) is 0 Å². The summed E-state index contributed by atoms with van der Waals surface area (Å²) in [4.78, 5) is 10.6. The fourth-order valence-corrected chi connectivity index (χ4v) is 2.71. The van der Waals surface area contributed by atoms with Gasteiger partial charge in [-0.3, -0.25) is 0 Å². The molecule has 1 aromatic heterocycles. The van der Waals surface area contributed by atoms with E-state index in [4.69, 9.17) is 10.3 Å². The van der Waals surface area contributed by atoms with Crippen molar-refractivity contribution < 1.29 is 8.91 Å². The molecule has 0 amide bonds. The molecule has 1 unspecified atom stereocenters. The minimum Gasteiger partial charge on any atom is -0.370 e. The summed E-state index contributed by atoms with van der Waals surface area (Å²) in [5.41, 5.74) is 6.60. The minimum atomic E-state index is -0.338. The number of guanidine groups is 1. The molecule has 0 spiro atoms. The lowest BCUT2D eigenvalue weighted by Crippen LogP contribution is -2.43. The maximum Gasteiger partial charge on any atom is 0.248 e. The number of hydrogen-bond donors (Lipinski definition) is 1. The van der Waals surface area contributed by atoms with E-state index in [2.05, 4.69) is 27.0 Å². The number of benzene rings is 1. The number of nitrogens with two attached hydrogens (primary N) is 1. The number of likely N-dealkylation sites (tertiary alicyclic amines) is 1. The van der Waals surface area contributed by atoms with E-state index in [1.54, 1.807) is 12.1 Å². The zero-order valence-electron chi connectivity index (χ0n) is 13.1. The second kappa shape index (κ2) is 6.76. The van der Waals surface area contributed by atoms with Crippen LogP contribution >= 0.6 is 0 Å². The Hall–Kier alpha value is -2.44. The van der Waals surface area contributed by atoms with Crippen molar-refractivity contribution in [2.75, 3.05) is 13.1 Å². The van der Waals surface area contributed by atoms with Crippen molar-refractivity contribution in [2.24, 2.45) is 16.6 Å². The fourth-order valence-electron chi connectivity index (χ4n) is 2.71. The predicted octanol–water partition coefficient (Wildman–Crippen LogP) is 2.42. The van der Waals surface area contributed by atoms with E-state index < -0.39 is 0 Å². The van der Waals surface area contributed by atoms with E-state index in [1.807, 2.05) is 0 Å². The highest BCUT2D eigenvalue weighted by Gasteiger charge is 2.18. The number of rotatable bonds is 3. The average molecular weight is 317 g/mol. The summed E-state index contributed by atoms with van der Waals surface area (Å²) in [6, 6.07) is 6.06. The van der Waals surface area contributed by atoms with Crippen LogP contribution in [0.4, 0.5) is 4.39 Å². The Balaban J connectivity index is 1.66. The summed E-state index contributed by atoms with van der Waals surface area (Å²) in [7, 11) is 0. The molecular formula is C16H20FN5O. The standard InChI is InChI=1S/C16H20FN5O/c1-11-4-3-7-22(10-11)16(18)19-9-14-20-15(21-23-14)12-5-2-6-13(17)8-12/h2,5-6,8,11H,3-4,7,9-10H2,1H3,(H2,18,19). The van der Waals surface area contributed by atoms with E-state index in [9.17, 15) is 4.39 Å². The zero-order chi connectivity index (χ0) is 16.2. The van der Waals surface area contributed by atoms with Gasteiger partial charge in [0.2, 0.25) is 11.7 Å². The molecule has 2 N–H and O–H groups in total. The maximum atomic E-state index is 13.2. The van der Waals surface area contributed by atoms with Crippen molar-refractivity contribution in [1.29, 1.82) is 0 Å². The molecule has 23 heavy (non-hydrogen) atoms. The third-order valence-corrected chi connectivity index (χ3v) is 3.91. The number of aromatic nitrogens is 2. The van der Waals surface area contributed by atoms with Gasteiger partial charge in [0.1, 0.15) is 12.4 Å². The van der Waals surface area contributed by atoms with Crippen LogP contribution in [0.15, 0.2) is 33.8 Å². The van der Waals surface area contributed by atoms with E-state index in [0.717, 1.165) is 19.5 Å². The van der Waals surface area contributed by atoms with Gasteiger partial charge < -0.3 is 15.2 Å². The van der Waals surface area contributed by atoms with Crippen molar-refractivity contribution in [3.8, 4) is 11.4 Å². The maximum absolute atomic E-state index is 13.2. The lowest BCUT2D eigenvalue weighted by molar-refractivity contribution is 0.270. The normalized spacial score (nSPS) is 19.1. The van der Waals surface area contributed by atoms with Gasteiger partial charge in [-0.25, -0.2) is 9.38 Å². The molecule has 3 rings (SSSR count). The van der Waals surface area contributed by atoms with Crippen LogP contribution < -0.4 is 5.73 Å². The van der Waals surface area contributed by atoms with Gasteiger partial charge in [0, 0.05) is 18.7 Å². The number of piperidine rings is 1. The molecule has 122 valence electrons. The number of hydrogen-bond acceptors (Lipinski definition) is 4. The third kappa shape index (κ3) is 3.85. The van der Waals surface area contributed by atoms with Crippen molar-refractivity contribution >= 4 is 5.96 Å². The molecule has 6 nitrogen and oxygen atoms in total. The summed E-state index contributed by atoms with van der Waals surface area (Å²) in [6.07, 6.45) is 2.35. The van der Waals surface area contributed by atoms with Crippen LogP contribution in [0.1, 0.15) is 25.7 Å². The van der Waals surface area contributed by atoms with E-state index in [1.165, 1.54) is 18.6 Å². The van der Waals surface area contributed by atoms with Gasteiger partial charge in [-0.05, 0) is 30.9 Å². The Labute approximate surface area is 134 Å². The lowest BCUT2D eigenvalue weighted by Gasteiger charge is -2.31. The van der Waals surface area contributed by atoms with Crippen molar-refractivity contribution in [3.63, 3.8) is 0 Å². The molecule has 1 fully saturated rings. The number of aliphatic imine (C=N–C) groups is 1. The molecule has 1 saturated heterocycles. The number of nitrogens with zero attached hydrogens (tertiary/aromatic N) is 4. The van der Waals surface area contributed by atoms with Crippen molar-refractivity contribution in [1.82, 2.24) is 15.0 Å². The van der Waals surface area contributed by atoms with Gasteiger partial charge in [0.05, 0.1) is 0 Å². The first kappa shape index (κ1) is 15.5.